The van der Waals surface area contributed by atoms with Crippen LogP contribution in [0.5, 0.6) is 0 Å². The predicted molar refractivity (Wildman–Crippen MR) is 62.9 cm³/mol. The summed E-state index contributed by atoms with van der Waals surface area (Å²) in [6.07, 6.45) is 1.96. The van der Waals surface area contributed by atoms with Crippen molar-refractivity contribution in [3.8, 4) is 0 Å². The van der Waals surface area contributed by atoms with Crippen LogP contribution in [0.15, 0.2) is 12.3 Å². The molecule has 1 rings (SSSR count). The van der Waals surface area contributed by atoms with E-state index >= 15 is 0 Å². The minimum Gasteiger partial charge on any atom is -0.394 e. The van der Waals surface area contributed by atoms with E-state index in [1.165, 1.54) is 12.3 Å². The molecule has 0 fully saturated rings. The van der Waals surface area contributed by atoms with Gasteiger partial charge in [-0.15, -0.1) is 0 Å². The molecule has 0 spiro atoms. The first-order valence-corrected chi connectivity index (χ1v) is 5.56. The maximum atomic E-state index is 11.8. The van der Waals surface area contributed by atoms with Gasteiger partial charge < -0.3 is 10.4 Å². The van der Waals surface area contributed by atoms with E-state index in [1.807, 2.05) is 6.92 Å². The van der Waals surface area contributed by atoms with Crippen LogP contribution in [0, 0.1) is 0 Å². The predicted octanol–water partition coefficient (Wildman–Crippen LogP) is 1.89. The molecule has 1 aromatic heterocycles. The lowest BCUT2D eigenvalue weighted by Gasteiger charge is -2.14. The highest BCUT2D eigenvalue weighted by Gasteiger charge is 2.14. The van der Waals surface area contributed by atoms with E-state index in [4.69, 9.17) is 28.3 Å². The van der Waals surface area contributed by atoms with E-state index in [1.54, 1.807) is 0 Å². The normalized spacial score (nSPS) is 12.2. The lowest BCUT2D eigenvalue weighted by molar-refractivity contribution is 0.0915. The topological polar surface area (TPSA) is 62.2 Å². The van der Waals surface area contributed by atoms with E-state index < -0.39 is 0 Å². The van der Waals surface area contributed by atoms with Crippen molar-refractivity contribution in [3.05, 3.63) is 28.0 Å². The van der Waals surface area contributed by atoms with E-state index in [-0.39, 0.29) is 34.3 Å². The minimum absolute atomic E-state index is 0.112. The van der Waals surface area contributed by atoms with Crippen LogP contribution < -0.4 is 5.32 Å². The molecule has 1 amide bonds. The summed E-state index contributed by atoms with van der Waals surface area (Å²) in [6.45, 7) is 1.75. The van der Waals surface area contributed by atoms with Crippen LogP contribution in [0.4, 0.5) is 0 Å². The second-order valence-electron chi connectivity index (χ2n) is 3.25. The first-order valence-electron chi connectivity index (χ1n) is 4.81. The van der Waals surface area contributed by atoms with Crippen LogP contribution in [0.25, 0.3) is 0 Å². The van der Waals surface area contributed by atoms with Gasteiger partial charge >= 0.3 is 0 Å². The third kappa shape index (κ3) is 3.33. The zero-order chi connectivity index (χ0) is 12.1. The zero-order valence-electron chi connectivity index (χ0n) is 8.70. The number of amides is 1. The largest absolute Gasteiger partial charge is 0.394 e. The van der Waals surface area contributed by atoms with Gasteiger partial charge in [0, 0.05) is 6.20 Å². The van der Waals surface area contributed by atoms with Crippen molar-refractivity contribution >= 4 is 29.1 Å². The molecule has 0 radical (unpaired) electrons. The average molecular weight is 263 g/mol. The highest BCUT2D eigenvalue weighted by Crippen LogP contribution is 2.18. The number of aromatic nitrogens is 1. The van der Waals surface area contributed by atoms with Gasteiger partial charge in [-0.3, -0.25) is 4.79 Å². The van der Waals surface area contributed by atoms with E-state index in [0.29, 0.717) is 6.42 Å². The number of rotatable bonds is 4. The minimum atomic E-state index is -0.366. The van der Waals surface area contributed by atoms with Gasteiger partial charge in [-0.2, -0.15) is 0 Å². The maximum absolute atomic E-state index is 11.8. The third-order valence-corrected chi connectivity index (χ3v) is 2.62. The number of halogens is 2. The van der Waals surface area contributed by atoms with Gasteiger partial charge in [-0.25, -0.2) is 4.98 Å². The van der Waals surface area contributed by atoms with Crippen LogP contribution in [0.2, 0.25) is 10.2 Å². The summed E-state index contributed by atoms with van der Waals surface area (Å²) < 4.78 is 0. The lowest BCUT2D eigenvalue weighted by Crippen LogP contribution is -2.37. The van der Waals surface area contributed by atoms with Gasteiger partial charge in [-0.1, -0.05) is 30.1 Å². The van der Waals surface area contributed by atoms with Crippen LogP contribution in [0.3, 0.4) is 0 Å². The molecule has 0 aromatic carbocycles. The highest BCUT2D eigenvalue weighted by molar-refractivity contribution is 6.35. The van der Waals surface area contributed by atoms with E-state index in [9.17, 15) is 4.79 Å². The number of hydrogen-bond acceptors (Lipinski definition) is 3. The van der Waals surface area contributed by atoms with Crippen LogP contribution in [-0.4, -0.2) is 28.6 Å². The van der Waals surface area contributed by atoms with Gasteiger partial charge in [0.25, 0.3) is 5.91 Å². The molecular weight excluding hydrogens is 251 g/mol. The monoisotopic (exact) mass is 262 g/mol. The van der Waals surface area contributed by atoms with Crippen molar-refractivity contribution in [3.63, 3.8) is 0 Å². The molecule has 2 N–H and O–H groups in total. The zero-order valence-corrected chi connectivity index (χ0v) is 10.2. The van der Waals surface area contributed by atoms with Crippen molar-refractivity contribution in [2.75, 3.05) is 6.61 Å². The fraction of sp³-hybridized carbons (Fsp3) is 0.400. The molecule has 0 aliphatic rings. The fourth-order valence-electron chi connectivity index (χ4n) is 1.13. The summed E-state index contributed by atoms with van der Waals surface area (Å²) in [5.74, 6) is -0.366. The molecule has 0 aliphatic carbocycles. The highest BCUT2D eigenvalue weighted by atomic mass is 35.5. The molecule has 0 saturated carbocycles. The molecule has 0 unspecified atom stereocenters. The molecule has 6 heteroatoms. The summed E-state index contributed by atoms with van der Waals surface area (Å²) in [7, 11) is 0. The van der Waals surface area contributed by atoms with Gasteiger partial charge in [0.05, 0.1) is 23.2 Å². The SMILES string of the molecule is CC[C@H](CO)NC(=O)c1cc(Cl)ncc1Cl. The number of carbonyl (C=O) groups excluding carboxylic acids is 1. The first kappa shape index (κ1) is 13.2. The Morgan fingerprint density at radius 3 is 2.88 bits per heavy atom. The number of aliphatic hydroxyl groups is 1. The van der Waals surface area contributed by atoms with Crippen LogP contribution in [-0.2, 0) is 0 Å². The molecule has 88 valence electrons. The maximum Gasteiger partial charge on any atom is 0.253 e. The fourth-order valence-corrected chi connectivity index (χ4v) is 1.47. The smallest absolute Gasteiger partial charge is 0.253 e. The first-order chi connectivity index (χ1) is 7.58. The van der Waals surface area contributed by atoms with Crippen molar-refractivity contribution < 1.29 is 9.90 Å². The summed E-state index contributed by atoms with van der Waals surface area (Å²) in [5, 5.41) is 12.0. The lowest BCUT2D eigenvalue weighted by atomic mass is 10.2. The number of carbonyl (C=O) groups is 1. The Hall–Kier alpha value is -0.840. The summed E-state index contributed by atoms with van der Waals surface area (Å²) in [6, 6.07) is 1.11. The Bertz CT molecular complexity index is 381. The number of nitrogens with one attached hydrogen (secondary N) is 1. The van der Waals surface area contributed by atoms with Crippen molar-refractivity contribution in [1.29, 1.82) is 0 Å². The molecule has 0 saturated heterocycles. The summed E-state index contributed by atoms with van der Waals surface area (Å²) in [5.41, 5.74) is 0.258. The number of hydrogen-bond donors (Lipinski definition) is 2. The molecule has 16 heavy (non-hydrogen) atoms. The summed E-state index contributed by atoms with van der Waals surface area (Å²) in [4.78, 5) is 15.5. The number of nitrogens with zero attached hydrogens (tertiary/aromatic N) is 1. The van der Waals surface area contributed by atoms with E-state index in [0.717, 1.165) is 0 Å². The molecule has 1 atom stereocenters. The second kappa shape index (κ2) is 6.03. The number of pyridine rings is 1. The molecule has 0 bridgehead atoms. The third-order valence-electron chi connectivity index (χ3n) is 2.11. The quantitative estimate of drug-likeness (QED) is 0.815. The van der Waals surface area contributed by atoms with E-state index in [2.05, 4.69) is 10.3 Å². The van der Waals surface area contributed by atoms with Crippen molar-refractivity contribution in [2.24, 2.45) is 0 Å². The standard InChI is InChI=1S/C10H12Cl2N2O2/c1-2-6(5-15)14-10(16)7-3-9(12)13-4-8(7)11/h3-4,6,15H,2,5H2,1H3,(H,14,16)/t6-/m1/s1. The molecule has 1 aromatic rings. The molecule has 1 heterocycles. The Balaban J connectivity index is 2.83. The summed E-state index contributed by atoms with van der Waals surface area (Å²) >= 11 is 11.5. The van der Waals surface area contributed by atoms with Gasteiger partial charge in [0.2, 0.25) is 0 Å². The van der Waals surface area contributed by atoms with Crippen molar-refractivity contribution in [2.45, 2.75) is 19.4 Å². The average Bonchev–Trinajstić information content (AvgIpc) is 2.28. The molecular formula is C10H12Cl2N2O2. The Labute approximate surface area is 104 Å². The number of aliphatic hydroxyl groups excluding tert-OH is 1. The van der Waals surface area contributed by atoms with Gasteiger partial charge in [-0.05, 0) is 12.5 Å². The second-order valence-corrected chi connectivity index (χ2v) is 4.04. The van der Waals surface area contributed by atoms with Crippen molar-refractivity contribution in [1.82, 2.24) is 10.3 Å². The Morgan fingerprint density at radius 1 is 1.62 bits per heavy atom. The van der Waals surface area contributed by atoms with Crippen LogP contribution in [0.1, 0.15) is 23.7 Å². The van der Waals surface area contributed by atoms with Crippen LogP contribution >= 0.6 is 23.2 Å². The Kier molecular flexibility index (Phi) is 4.99. The molecule has 4 nitrogen and oxygen atoms in total. The van der Waals surface area contributed by atoms with Gasteiger partial charge in [0.1, 0.15) is 5.15 Å². The van der Waals surface area contributed by atoms with Gasteiger partial charge in [0.15, 0.2) is 0 Å². The Morgan fingerprint density at radius 2 is 2.31 bits per heavy atom. The molecule has 0 aliphatic heterocycles.